The summed E-state index contributed by atoms with van der Waals surface area (Å²) in [5, 5.41) is 9.15. The summed E-state index contributed by atoms with van der Waals surface area (Å²) in [5.74, 6) is -0.586. The van der Waals surface area contributed by atoms with Gasteiger partial charge in [-0.3, -0.25) is 4.98 Å². The molecule has 5 heteroatoms. The molecule has 1 heterocycles. The van der Waals surface area contributed by atoms with Gasteiger partial charge in [0.1, 0.15) is 0 Å². The summed E-state index contributed by atoms with van der Waals surface area (Å²) >= 11 is 3.27. The molecule has 0 N–H and O–H groups in total. The van der Waals surface area contributed by atoms with E-state index in [1.54, 1.807) is 19.1 Å². The number of carbonyl (C=O) groups is 1. The van der Waals surface area contributed by atoms with Crippen molar-refractivity contribution in [2.75, 3.05) is 6.61 Å². The maximum absolute atomic E-state index is 11.7. The molecular weight excluding hydrogens is 272 g/mol. The standard InChI is InChI=1S/C11H11BrN2O2/c1-3-16-10(15)11(2,7-13)9-8(12)5-4-6-14-9/h4-6H,3H2,1-2H3. The van der Waals surface area contributed by atoms with Crippen LogP contribution < -0.4 is 0 Å². The highest BCUT2D eigenvalue weighted by Gasteiger charge is 2.40. The number of pyridine rings is 1. The zero-order chi connectivity index (χ0) is 12.2. The van der Waals surface area contributed by atoms with E-state index in [1.165, 1.54) is 13.1 Å². The predicted molar refractivity (Wildman–Crippen MR) is 61.5 cm³/mol. The first kappa shape index (κ1) is 12.7. The highest BCUT2D eigenvalue weighted by atomic mass is 79.9. The lowest BCUT2D eigenvalue weighted by Crippen LogP contribution is -2.34. The van der Waals surface area contributed by atoms with Gasteiger partial charge in [0.2, 0.25) is 0 Å². The van der Waals surface area contributed by atoms with Gasteiger partial charge in [-0.25, -0.2) is 4.79 Å². The lowest BCUT2D eigenvalue weighted by Gasteiger charge is -2.19. The van der Waals surface area contributed by atoms with Crippen LogP contribution in [0.2, 0.25) is 0 Å². The van der Waals surface area contributed by atoms with E-state index >= 15 is 0 Å². The molecule has 0 aliphatic heterocycles. The van der Waals surface area contributed by atoms with Crippen molar-refractivity contribution >= 4 is 21.9 Å². The van der Waals surface area contributed by atoms with Crippen molar-refractivity contribution < 1.29 is 9.53 Å². The molecule has 4 nitrogen and oxygen atoms in total. The zero-order valence-electron chi connectivity index (χ0n) is 9.03. The maximum atomic E-state index is 11.7. The van der Waals surface area contributed by atoms with Crippen LogP contribution in [0.25, 0.3) is 0 Å². The lowest BCUT2D eigenvalue weighted by atomic mass is 9.88. The van der Waals surface area contributed by atoms with Crippen molar-refractivity contribution in [2.45, 2.75) is 19.3 Å². The van der Waals surface area contributed by atoms with Gasteiger partial charge in [-0.1, -0.05) is 0 Å². The second-order valence-electron chi connectivity index (χ2n) is 3.29. The van der Waals surface area contributed by atoms with Crippen molar-refractivity contribution in [1.82, 2.24) is 4.98 Å². The summed E-state index contributed by atoms with van der Waals surface area (Å²) in [6.45, 7) is 3.43. The first-order chi connectivity index (χ1) is 7.56. The molecule has 84 valence electrons. The smallest absolute Gasteiger partial charge is 0.332 e. The number of rotatable bonds is 3. The van der Waals surface area contributed by atoms with Crippen LogP contribution in [0.4, 0.5) is 0 Å². The predicted octanol–water partition coefficient (Wildman–Crippen LogP) is 2.19. The van der Waals surface area contributed by atoms with Gasteiger partial charge in [-0.15, -0.1) is 0 Å². The molecule has 0 fully saturated rings. The molecule has 0 bridgehead atoms. The molecule has 1 atom stereocenters. The Morgan fingerprint density at radius 2 is 2.44 bits per heavy atom. The number of carbonyl (C=O) groups excluding carboxylic acids is 1. The molecule has 1 unspecified atom stereocenters. The largest absolute Gasteiger partial charge is 0.465 e. The van der Waals surface area contributed by atoms with Crippen molar-refractivity contribution in [1.29, 1.82) is 5.26 Å². The van der Waals surface area contributed by atoms with E-state index in [2.05, 4.69) is 20.9 Å². The van der Waals surface area contributed by atoms with Gasteiger partial charge < -0.3 is 4.74 Å². The van der Waals surface area contributed by atoms with Crippen LogP contribution in [0.15, 0.2) is 22.8 Å². The highest BCUT2D eigenvalue weighted by molar-refractivity contribution is 9.10. The van der Waals surface area contributed by atoms with Crippen LogP contribution in [0, 0.1) is 11.3 Å². The normalized spacial score (nSPS) is 13.6. The minimum absolute atomic E-state index is 0.237. The maximum Gasteiger partial charge on any atom is 0.332 e. The van der Waals surface area contributed by atoms with Crippen molar-refractivity contribution in [2.24, 2.45) is 0 Å². The fourth-order valence-corrected chi connectivity index (χ4v) is 1.88. The van der Waals surface area contributed by atoms with Gasteiger partial charge in [-0.05, 0) is 41.9 Å². The molecule has 0 radical (unpaired) electrons. The highest BCUT2D eigenvalue weighted by Crippen LogP contribution is 2.29. The topological polar surface area (TPSA) is 63.0 Å². The Bertz CT molecular complexity index is 442. The van der Waals surface area contributed by atoms with E-state index in [1.807, 2.05) is 6.07 Å². The number of hydrogen-bond donors (Lipinski definition) is 0. The molecule has 0 aliphatic rings. The molecule has 1 aromatic heterocycles. The SMILES string of the molecule is CCOC(=O)C(C)(C#N)c1ncccc1Br. The van der Waals surface area contributed by atoms with Crippen molar-refractivity contribution in [3.05, 3.63) is 28.5 Å². The minimum atomic E-state index is -1.38. The fourth-order valence-electron chi connectivity index (χ4n) is 1.22. The second kappa shape index (κ2) is 5.08. The van der Waals surface area contributed by atoms with E-state index < -0.39 is 11.4 Å². The Morgan fingerprint density at radius 1 is 1.75 bits per heavy atom. The quantitative estimate of drug-likeness (QED) is 0.798. The van der Waals surface area contributed by atoms with Crippen molar-refractivity contribution in [3.63, 3.8) is 0 Å². The molecule has 1 aromatic rings. The van der Waals surface area contributed by atoms with E-state index in [4.69, 9.17) is 10.00 Å². The van der Waals surface area contributed by atoms with Gasteiger partial charge >= 0.3 is 5.97 Å². The average Bonchev–Trinajstić information content (AvgIpc) is 2.29. The molecule has 0 saturated carbocycles. The van der Waals surface area contributed by atoms with E-state index in [0.717, 1.165) is 0 Å². The summed E-state index contributed by atoms with van der Waals surface area (Å²) in [5.41, 5.74) is -1.01. The Labute approximate surface area is 102 Å². The van der Waals surface area contributed by atoms with Crippen LogP contribution in [-0.4, -0.2) is 17.6 Å². The Kier molecular flexibility index (Phi) is 4.02. The third-order valence-corrected chi connectivity index (χ3v) is 2.78. The molecule has 0 saturated heterocycles. The van der Waals surface area contributed by atoms with Gasteiger partial charge in [0.05, 0.1) is 18.4 Å². The summed E-state index contributed by atoms with van der Waals surface area (Å²) in [6, 6.07) is 5.41. The summed E-state index contributed by atoms with van der Waals surface area (Å²) in [4.78, 5) is 15.8. The number of nitriles is 1. The van der Waals surface area contributed by atoms with Crippen LogP contribution in [0.1, 0.15) is 19.5 Å². The lowest BCUT2D eigenvalue weighted by molar-refractivity contribution is -0.147. The van der Waals surface area contributed by atoms with Gasteiger partial charge in [0, 0.05) is 10.7 Å². The minimum Gasteiger partial charge on any atom is -0.465 e. The van der Waals surface area contributed by atoms with Gasteiger partial charge in [0.25, 0.3) is 0 Å². The molecule has 1 rings (SSSR count). The number of aromatic nitrogens is 1. The van der Waals surface area contributed by atoms with Crippen molar-refractivity contribution in [3.8, 4) is 6.07 Å². The second-order valence-corrected chi connectivity index (χ2v) is 4.15. The molecule has 0 spiro atoms. The third-order valence-electron chi connectivity index (χ3n) is 2.14. The molecular formula is C11H11BrN2O2. The van der Waals surface area contributed by atoms with Crippen LogP contribution in [-0.2, 0) is 14.9 Å². The monoisotopic (exact) mass is 282 g/mol. The fraction of sp³-hybridized carbons (Fsp3) is 0.364. The summed E-state index contributed by atoms with van der Waals surface area (Å²) in [7, 11) is 0. The van der Waals surface area contributed by atoms with E-state index in [0.29, 0.717) is 10.2 Å². The molecule has 0 amide bonds. The number of esters is 1. The van der Waals surface area contributed by atoms with Crippen LogP contribution in [0.3, 0.4) is 0 Å². The Balaban J connectivity index is 3.21. The van der Waals surface area contributed by atoms with Crippen LogP contribution in [0.5, 0.6) is 0 Å². The first-order valence-corrected chi connectivity index (χ1v) is 5.55. The van der Waals surface area contributed by atoms with Gasteiger partial charge in [0.15, 0.2) is 5.41 Å². The molecule has 0 aromatic carbocycles. The first-order valence-electron chi connectivity index (χ1n) is 4.75. The van der Waals surface area contributed by atoms with E-state index in [9.17, 15) is 4.79 Å². The average molecular weight is 283 g/mol. The molecule has 0 aliphatic carbocycles. The summed E-state index contributed by atoms with van der Waals surface area (Å²) < 4.78 is 5.50. The molecule has 16 heavy (non-hydrogen) atoms. The Morgan fingerprint density at radius 3 is 2.94 bits per heavy atom. The van der Waals surface area contributed by atoms with Crippen LogP contribution >= 0.6 is 15.9 Å². The number of hydrogen-bond acceptors (Lipinski definition) is 4. The number of ether oxygens (including phenoxy) is 1. The zero-order valence-corrected chi connectivity index (χ0v) is 10.6. The third kappa shape index (κ3) is 2.22. The Hall–Kier alpha value is -1.41. The summed E-state index contributed by atoms with van der Waals surface area (Å²) in [6.07, 6.45) is 1.54. The van der Waals surface area contributed by atoms with Gasteiger partial charge in [-0.2, -0.15) is 5.26 Å². The number of nitrogens with zero attached hydrogens (tertiary/aromatic N) is 2. The number of halogens is 1. The van der Waals surface area contributed by atoms with E-state index in [-0.39, 0.29) is 6.61 Å².